The molecule has 1 fully saturated rings. The maximum atomic E-state index is 8.19. The molecule has 9 heavy (non-hydrogen) atoms. The van der Waals surface area contributed by atoms with E-state index in [9.17, 15) is 0 Å². The van der Waals surface area contributed by atoms with E-state index in [1.807, 2.05) is 12.1 Å². The van der Waals surface area contributed by atoms with Gasteiger partial charge in [0.1, 0.15) is 0 Å². The van der Waals surface area contributed by atoms with Crippen LogP contribution in [-0.2, 0) is 0 Å². The van der Waals surface area contributed by atoms with Crippen molar-refractivity contribution in [2.24, 2.45) is 5.92 Å². The van der Waals surface area contributed by atoms with Crippen molar-refractivity contribution in [3.8, 4) is 6.07 Å². The third-order valence-electron chi connectivity index (χ3n) is 1.84. The largest absolute Gasteiger partial charge is 0.193 e. The molecule has 0 aromatic carbocycles. The Kier molecular flexibility index (Phi) is 2.32. The zero-order valence-electron chi connectivity index (χ0n) is 5.51. The average molecular weight is 121 g/mol. The molecule has 0 heterocycles. The second-order valence-corrected chi connectivity index (χ2v) is 2.53. The van der Waals surface area contributed by atoms with Gasteiger partial charge in [-0.15, -0.1) is 0 Å². The summed E-state index contributed by atoms with van der Waals surface area (Å²) in [7, 11) is 0. The van der Waals surface area contributed by atoms with Crippen molar-refractivity contribution in [2.75, 3.05) is 0 Å². The first-order chi connectivity index (χ1) is 4.43. The highest BCUT2D eigenvalue weighted by Crippen LogP contribution is 2.25. The van der Waals surface area contributed by atoms with Gasteiger partial charge < -0.3 is 0 Å². The SMILES string of the molecule is N#C/C=C\C1CCCC1. The van der Waals surface area contributed by atoms with Crippen LogP contribution in [0.4, 0.5) is 0 Å². The lowest BCUT2D eigenvalue weighted by Gasteiger charge is -1.95. The fraction of sp³-hybridized carbons (Fsp3) is 0.625. The molecule has 1 saturated carbocycles. The average Bonchev–Trinajstić information content (AvgIpc) is 2.34. The number of rotatable bonds is 1. The molecule has 0 unspecified atom stereocenters. The minimum Gasteiger partial charge on any atom is -0.193 e. The van der Waals surface area contributed by atoms with Crippen LogP contribution >= 0.6 is 0 Å². The maximum Gasteiger partial charge on any atom is 0.0908 e. The van der Waals surface area contributed by atoms with Gasteiger partial charge in [-0.05, 0) is 18.8 Å². The molecule has 1 rings (SSSR count). The van der Waals surface area contributed by atoms with Crippen molar-refractivity contribution in [3.05, 3.63) is 12.2 Å². The highest BCUT2D eigenvalue weighted by Gasteiger charge is 2.10. The van der Waals surface area contributed by atoms with Crippen LogP contribution in [0.3, 0.4) is 0 Å². The van der Waals surface area contributed by atoms with E-state index in [0.29, 0.717) is 5.92 Å². The standard InChI is InChI=1S/C8H11N/c9-7-3-6-8-4-1-2-5-8/h3,6,8H,1-2,4-5H2/b6-3-. The van der Waals surface area contributed by atoms with E-state index in [2.05, 4.69) is 0 Å². The normalized spacial score (nSPS) is 20.8. The van der Waals surface area contributed by atoms with Crippen LogP contribution in [0, 0.1) is 17.2 Å². The Balaban J connectivity index is 2.28. The van der Waals surface area contributed by atoms with Crippen LogP contribution < -0.4 is 0 Å². The van der Waals surface area contributed by atoms with Gasteiger partial charge in [0, 0.05) is 6.08 Å². The van der Waals surface area contributed by atoms with Crippen molar-refractivity contribution in [2.45, 2.75) is 25.7 Å². The summed E-state index contributed by atoms with van der Waals surface area (Å²) in [6, 6.07) is 2.01. The number of nitrogens with zero attached hydrogens (tertiary/aromatic N) is 1. The Bertz CT molecular complexity index is 135. The van der Waals surface area contributed by atoms with Gasteiger partial charge in [0.2, 0.25) is 0 Å². The molecule has 1 heteroatoms. The third kappa shape index (κ3) is 1.89. The molecule has 0 amide bonds. The number of allylic oxidation sites excluding steroid dienone is 2. The fourth-order valence-corrected chi connectivity index (χ4v) is 1.33. The molecule has 0 N–H and O–H groups in total. The zero-order chi connectivity index (χ0) is 6.53. The van der Waals surface area contributed by atoms with Gasteiger partial charge in [-0.25, -0.2) is 0 Å². The van der Waals surface area contributed by atoms with Gasteiger partial charge >= 0.3 is 0 Å². The van der Waals surface area contributed by atoms with Crippen molar-refractivity contribution in [1.82, 2.24) is 0 Å². The van der Waals surface area contributed by atoms with Gasteiger partial charge in [0.25, 0.3) is 0 Å². The summed E-state index contributed by atoms with van der Waals surface area (Å²) in [5.41, 5.74) is 0. The minimum absolute atomic E-state index is 0.713. The van der Waals surface area contributed by atoms with Crippen LogP contribution in [0.2, 0.25) is 0 Å². The molecule has 0 saturated heterocycles. The second-order valence-electron chi connectivity index (χ2n) is 2.53. The van der Waals surface area contributed by atoms with E-state index in [4.69, 9.17) is 5.26 Å². The molecule has 0 aromatic heterocycles. The highest BCUT2D eigenvalue weighted by atomic mass is 14.2. The molecule has 0 atom stereocenters. The van der Waals surface area contributed by atoms with Crippen LogP contribution in [0.15, 0.2) is 12.2 Å². The summed E-state index contributed by atoms with van der Waals surface area (Å²) in [4.78, 5) is 0. The molecule has 48 valence electrons. The topological polar surface area (TPSA) is 23.8 Å². The van der Waals surface area contributed by atoms with Crippen LogP contribution in [0.25, 0.3) is 0 Å². The predicted octanol–water partition coefficient (Wildman–Crippen LogP) is 2.26. The number of hydrogen-bond acceptors (Lipinski definition) is 1. The first-order valence-electron chi connectivity index (χ1n) is 3.50. The number of hydrogen-bond donors (Lipinski definition) is 0. The van der Waals surface area contributed by atoms with E-state index in [-0.39, 0.29) is 0 Å². The highest BCUT2D eigenvalue weighted by molar-refractivity contribution is 5.04. The van der Waals surface area contributed by atoms with Crippen LogP contribution in [-0.4, -0.2) is 0 Å². The van der Waals surface area contributed by atoms with Gasteiger partial charge in [0.15, 0.2) is 0 Å². The van der Waals surface area contributed by atoms with Crippen molar-refractivity contribution in [1.29, 1.82) is 5.26 Å². The van der Waals surface area contributed by atoms with Gasteiger partial charge in [-0.1, -0.05) is 18.9 Å². The Morgan fingerprint density at radius 2 is 2.00 bits per heavy atom. The Labute approximate surface area is 56.0 Å². The van der Waals surface area contributed by atoms with E-state index in [1.165, 1.54) is 25.7 Å². The van der Waals surface area contributed by atoms with Gasteiger partial charge in [0.05, 0.1) is 6.07 Å². The third-order valence-corrected chi connectivity index (χ3v) is 1.84. The van der Waals surface area contributed by atoms with Crippen LogP contribution in [0.1, 0.15) is 25.7 Å². The second kappa shape index (κ2) is 3.29. The molecule has 0 bridgehead atoms. The fourth-order valence-electron chi connectivity index (χ4n) is 1.33. The first kappa shape index (κ1) is 6.35. The van der Waals surface area contributed by atoms with Crippen molar-refractivity contribution < 1.29 is 0 Å². The summed E-state index contributed by atoms with van der Waals surface area (Å²) in [6.45, 7) is 0. The predicted molar refractivity (Wildman–Crippen MR) is 36.7 cm³/mol. The molecular formula is C8H11N. The lowest BCUT2D eigenvalue weighted by Crippen LogP contribution is -1.83. The minimum atomic E-state index is 0.713. The molecule has 1 nitrogen and oxygen atoms in total. The molecule has 1 aliphatic carbocycles. The molecular weight excluding hydrogens is 110 g/mol. The zero-order valence-corrected chi connectivity index (χ0v) is 5.51. The Morgan fingerprint density at radius 3 is 2.56 bits per heavy atom. The molecule has 0 radical (unpaired) electrons. The summed E-state index contributed by atoms with van der Waals surface area (Å²) >= 11 is 0. The van der Waals surface area contributed by atoms with E-state index >= 15 is 0 Å². The lowest BCUT2D eigenvalue weighted by atomic mass is 10.1. The lowest BCUT2D eigenvalue weighted by molar-refractivity contribution is 0.686. The smallest absolute Gasteiger partial charge is 0.0908 e. The van der Waals surface area contributed by atoms with E-state index in [0.717, 1.165) is 0 Å². The Morgan fingerprint density at radius 1 is 1.33 bits per heavy atom. The van der Waals surface area contributed by atoms with Crippen LogP contribution in [0.5, 0.6) is 0 Å². The molecule has 0 spiro atoms. The summed E-state index contributed by atoms with van der Waals surface area (Å²) in [5, 5.41) is 8.19. The van der Waals surface area contributed by atoms with Crippen molar-refractivity contribution >= 4 is 0 Å². The van der Waals surface area contributed by atoms with E-state index < -0.39 is 0 Å². The maximum absolute atomic E-state index is 8.19. The van der Waals surface area contributed by atoms with Gasteiger partial charge in [-0.2, -0.15) is 5.26 Å². The first-order valence-corrected chi connectivity index (χ1v) is 3.50. The summed E-state index contributed by atoms with van der Waals surface area (Å²) < 4.78 is 0. The Hall–Kier alpha value is -0.770. The monoisotopic (exact) mass is 121 g/mol. The summed E-state index contributed by atoms with van der Waals surface area (Å²) in [6.07, 6.45) is 8.92. The van der Waals surface area contributed by atoms with E-state index in [1.54, 1.807) is 6.08 Å². The molecule has 0 aromatic rings. The molecule has 1 aliphatic rings. The van der Waals surface area contributed by atoms with Gasteiger partial charge in [-0.3, -0.25) is 0 Å². The van der Waals surface area contributed by atoms with Crippen molar-refractivity contribution in [3.63, 3.8) is 0 Å². The summed E-state index contributed by atoms with van der Waals surface area (Å²) in [5.74, 6) is 0.713. The number of nitriles is 1. The molecule has 0 aliphatic heterocycles. The quantitative estimate of drug-likeness (QED) is 0.488.